The Bertz CT molecular complexity index is 546. The van der Waals surface area contributed by atoms with Crippen molar-refractivity contribution in [3.8, 4) is 5.95 Å². The molecule has 2 aromatic rings. The second-order valence-electron chi connectivity index (χ2n) is 5.15. The number of nitrogens with one attached hydrogen (secondary N) is 1. The van der Waals surface area contributed by atoms with Crippen LogP contribution in [0.5, 0.6) is 0 Å². The lowest BCUT2D eigenvalue weighted by Crippen LogP contribution is -2.19. The largest absolute Gasteiger partial charge is 0.368 e. The number of nitrogens with zero attached hydrogens (tertiary/aromatic N) is 5. The highest BCUT2D eigenvalue weighted by molar-refractivity contribution is 5.34. The van der Waals surface area contributed by atoms with Crippen LogP contribution >= 0.6 is 0 Å². The van der Waals surface area contributed by atoms with Crippen molar-refractivity contribution in [3.05, 3.63) is 18.5 Å². The van der Waals surface area contributed by atoms with Gasteiger partial charge in [-0.1, -0.05) is 19.3 Å². The Morgan fingerprint density at radius 3 is 2.80 bits per heavy atom. The zero-order chi connectivity index (χ0) is 13.8. The molecule has 7 nitrogen and oxygen atoms in total. The van der Waals surface area contributed by atoms with E-state index in [1.54, 1.807) is 17.1 Å². The van der Waals surface area contributed by atoms with Crippen molar-refractivity contribution < 1.29 is 0 Å². The van der Waals surface area contributed by atoms with E-state index in [0.29, 0.717) is 17.8 Å². The van der Waals surface area contributed by atoms with E-state index in [2.05, 4.69) is 25.4 Å². The van der Waals surface area contributed by atoms with Gasteiger partial charge in [0.25, 0.3) is 5.95 Å². The molecule has 2 heterocycles. The maximum absolute atomic E-state index is 5.73. The van der Waals surface area contributed by atoms with Crippen LogP contribution in [0.25, 0.3) is 5.95 Å². The highest BCUT2D eigenvalue weighted by Crippen LogP contribution is 2.23. The minimum Gasteiger partial charge on any atom is -0.368 e. The minimum atomic E-state index is 0.205. The molecule has 0 aliphatic heterocycles. The molecule has 1 aliphatic rings. The number of nitrogens with two attached hydrogens (primary N) is 1. The molecule has 0 aromatic carbocycles. The maximum atomic E-state index is 5.73. The molecule has 0 amide bonds. The number of anilines is 2. The molecule has 20 heavy (non-hydrogen) atoms. The lowest BCUT2D eigenvalue weighted by atomic mass is 9.89. The Morgan fingerprint density at radius 2 is 2.05 bits per heavy atom. The molecule has 0 bridgehead atoms. The zero-order valence-electron chi connectivity index (χ0n) is 11.4. The third kappa shape index (κ3) is 3.04. The van der Waals surface area contributed by atoms with E-state index in [-0.39, 0.29) is 5.95 Å². The average molecular weight is 273 g/mol. The van der Waals surface area contributed by atoms with E-state index < -0.39 is 0 Å². The average Bonchev–Trinajstić information content (AvgIpc) is 3.00. The summed E-state index contributed by atoms with van der Waals surface area (Å²) >= 11 is 0. The van der Waals surface area contributed by atoms with Gasteiger partial charge in [-0.3, -0.25) is 0 Å². The predicted octanol–water partition coefficient (Wildman–Crippen LogP) is 1.63. The van der Waals surface area contributed by atoms with Crippen LogP contribution in [0.4, 0.5) is 11.9 Å². The fraction of sp³-hybridized carbons (Fsp3) is 0.538. The third-order valence-electron chi connectivity index (χ3n) is 3.62. The summed E-state index contributed by atoms with van der Waals surface area (Å²) < 4.78 is 1.57. The van der Waals surface area contributed by atoms with Crippen molar-refractivity contribution >= 4 is 11.9 Å². The zero-order valence-corrected chi connectivity index (χ0v) is 11.4. The van der Waals surface area contributed by atoms with E-state index in [4.69, 9.17) is 5.73 Å². The lowest BCUT2D eigenvalue weighted by Gasteiger charge is -2.21. The molecule has 7 heteroatoms. The summed E-state index contributed by atoms with van der Waals surface area (Å²) in [7, 11) is 0. The molecule has 1 aliphatic carbocycles. The van der Waals surface area contributed by atoms with Crippen LogP contribution in [0, 0.1) is 5.92 Å². The van der Waals surface area contributed by atoms with E-state index in [0.717, 1.165) is 6.54 Å². The molecule has 106 valence electrons. The van der Waals surface area contributed by atoms with E-state index in [9.17, 15) is 0 Å². The first-order chi connectivity index (χ1) is 9.81. The quantitative estimate of drug-likeness (QED) is 0.879. The second-order valence-corrected chi connectivity index (χ2v) is 5.15. The topological polar surface area (TPSA) is 94.5 Å². The summed E-state index contributed by atoms with van der Waals surface area (Å²) in [4.78, 5) is 12.6. The molecule has 3 rings (SSSR count). The Balaban J connectivity index is 1.69. The van der Waals surface area contributed by atoms with Crippen LogP contribution < -0.4 is 11.1 Å². The molecule has 0 radical (unpaired) electrons. The molecule has 0 saturated heterocycles. The normalized spacial score (nSPS) is 16.2. The van der Waals surface area contributed by atoms with Gasteiger partial charge in [0.2, 0.25) is 11.9 Å². The van der Waals surface area contributed by atoms with Gasteiger partial charge in [0.1, 0.15) is 0 Å². The Labute approximate surface area is 117 Å². The maximum Gasteiger partial charge on any atom is 0.257 e. The van der Waals surface area contributed by atoms with Crippen LogP contribution in [-0.2, 0) is 0 Å². The first-order valence-electron chi connectivity index (χ1n) is 7.07. The summed E-state index contributed by atoms with van der Waals surface area (Å²) in [6, 6.07) is 1.81. The monoisotopic (exact) mass is 273 g/mol. The summed E-state index contributed by atoms with van der Waals surface area (Å²) in [5, 5.41) is 7.37. The summed E-state index contributed by atoms with van der Waals surface area (Å²) in [6.45, 7) is 0.891. The van der Waals surface area contributed by atoms with Gasteiger partial charge in [-0.2, -0.15) is 20.1 Å². The van der Waals surface area contributed by atoms with Crippen molar-refractivity contribution in [2.45, 2.75) is 32.1 Å². The van der Waals surface area contributed by atoms with Gasteiger partial charge in [-0.25, -0.2) is 4.68 Å². The van der Waals surface area contributed by atoms with Crippen molar-refractivity contribution in [1.82, 2.24) is 24.7 Å². The molecule has 2 aromatic heterocycles. The molecule has 0 spiro atoms. The molecule has 1 saturated carbocycles. The number of hydrogen-bond donors (Lipinski definition) is 2. The molecular weight excluding hydrogens is 254 g/mol. The van der Waals surface area contributed by atoms with Gasteiger partial charge >= 0.3 is 0 Å². The van der Waals surface area contributed by atoms with Crippen LogP contribution in [0.1, 0.15) is 32.1 Å². The second kappa shape index (κ2) is 5.85. The molecule has 1 fully saturated rings. The lowest BCUT2D eigenvalue weighted by molar-refractivity contribution is 0.373. The SMILES string of the molecule is Nc1nc(NCC2CCCCC2)nc(-n2cccn2)n1. The van der Waals surface area contributed by atoms with Gasteiger partial charge in [0, 0.05) is 18.9 Å². The van der Waals surface area contributed by atoms with Crippen molar-refractivity contribution in [2.24, 2.45) is 5.92 Å². The number of aromatic nitrogens is 5. The molecule has 3 N–H and O–H groups in total. The molecule has 0 unspecified atom stereocenters. The number of hydrogen-bond acceptors (Lipinski definition) is 6. The highest BCUT2D eigenvalue weighted by Gasteiger charge is 2.14. The van der Waals surface area contributed by atoms with E-state index in [1.807, 2.05) is 6.07 Å². The Hall–Kier alpha value is -2.18. The van der Waals surface area contributed by atoms with Gasteiger partial charge < -0.3 is 11.1 Å². The highest BCUT2D eigenvalue weighted by atomic mass is 15.4. The van der Waals surface area contributed by atoms with Crippen LogP contribution in [0.3, 0.4) is 0 Å². The van der Waals surface area contributed by atoms with Crippen LogP contribution in [0.2, 0.25) is 0 Å². The van der Waals surface area contributed by atoms with E-state index >= 15 is 0 Å². The molecular formula is C13H19N7. The van der Waals surface area contributed by atoms with Crippen LogP contribution in [0.15, 0.2) is 18.5 Å². The summed E-state index contributed by atoms with van der Waals surface area (Å²) in [6.07, 6.45) is 10.0. The van der Waals surface area contributed by atoms with Crippen molar-refractivity contribution in [2.75, 3.05) is 17.6 Å². The fourth-order valence-corrected chi connectivity index (χ4v) is 2.58. The standard InChI is InChI=1S/C13H19N7/c14-11-17-12(15-9-10-5-2-1-3-6-10)19-13(18-11)20-8-4-7-16-20/h4,7-8,10H,1-3,5-6,9H2,(H3,14,15,17,18,19). The van der Waals surface area contributed by atoms with E-state index in [1.165, 1.54) is 32.1 Å². The van der Waals surface area contributed by atoms with Gasteiger partial charge in [-0.05, 0) is 24.8 Å². The van der Waals surface area contributed by atoms with Crippen molar-refractivity contribution in [3.63, 3.8) is 0 Å². The first kappa shape index (κ1) is 12.8. The molecule has 0 atom stereocenters. The van der Waals surface area contributed by atoms with Crippen molar-refractivity contribution in [1.29, 1.82) is 0 Å². The van der Waals surface area contributed by atoms with Crippen LogP contribution in [-0.4, -0.2) is 31.3 Å². The summed E-state index contributed by atoms with van der Waals surface area (Å²) in [5.41, 5.74) is 5.73. The van der Waals surface area contributed by atoms with Gasteiger partial charge in [-0.15, -0.1) is 0 Å². The summed E-state index contributed by atoms with van der Waals surface area (Å²) in [5.74, 6) is 1.87. The third-order valence-corrected chi connectivity index (χ3v) is 3.62. The minimum absolute atomic E-state index is 0.205. The Morgan fingerprint density at radius 1 is 1.20 bits per heavy atom. The number of nitrogen functional groups attached to an aromatic ring is 1. The smallest absolute Gasteiger partial charge is 0.257 e. The van der Waals surface area contributed by atoms with Gasteiger partial charge in [0.15, 0.2) is 0 Å². The van der Waals surface area contributed by atoms with Gasteiger partial charge in [0.05, 0.1) is 0 Å². The predicted molar refractivity (Wildman–Crippen MR) is 76.4 cm³/mol. The fourth-order valence-electron chi connectivity index (χ4n) is 2.58. The Kier molecular flexibility index (Phi) is 3.76. The number of rotatable bonds is 4. The first-order valence-corrected chi connectivity index (χ1v) is 7.07.